The molecule has 0 spiro atoms. The molecule has 0 aromatic rings. The lowest BCUT2D eigenvalue weighted by Gasteiger charge is -2.22. The van der Waals surface area contributed by atoms with Crippen molar-refractivity contribution >= 4 is 5.91 Å². The summed E-state index contributed by atoms with van der Waals surface area (Å²) in [6, 6.07) is 0. The fourth-order valence-electron chi connectivity index (χ4n) is 3.38. The van der Waals surface area contributed by atoms with E-state index in [9.17, 15) is 4.79 Å². The lowest BCUT2D eigenvalue weighted by atomic mass is 9.86. The van der Waals surface area contributed by atoms with Gasteiger partial charge in [-0.1, -0.05) is 32.1 Å². The highest BCUT2D eigenvalue weighted by atomic mass is 16.3. The molecule has 1 saturated heterocycles. The van der Waals surface area contributed by atoms with E-state index in [4.69, 9.17) is 5.11 Å². The van der Waals surface area contributed by atoms with E-state index < -0.39 is 0 Å². The highest BCUT2D eigenvalue weighted by Crippen LogP contribution is 2.28. The molecule has 18 heavy (non-hydrogen) atoms. The average Bonchev–Trinajstić information content (AvgIpc) is 2.89. The van der Waals surface area contributed by atoms with Gasteiger partial charge in [-0.3, -0.25) is 4.79 Å². The quantitative estimate of drug-likeness (QED) is 0.818. The highest BCUT2D eigenvalue weighted by molar-refractivity contribution is 5.76. The molecular formula is C15H27NO2. The van der Waals surface area contributed by atoms with Crippen LogP contribution in [0.1, 0.15) is 57.8 Å². The minimum atomic E-state index is 0.228. The van der Waals surface area contributed by atoms with Gasteiger partial charge in [-0.2, -0.15) is 0 Å². The molecule has 1 N–H and O–H groups in total. The van der Waals surface area contributed by atoms with Gasteiger partial charge >= 0.3 is 0 Å². The molecule has 0 radical (unpaired) electrons. The summed E-state index contributed by atoms with van der Waals surface area (Å²) >= 11 is 0. The normalized spacial score (nSPS) is 25.6. The van der Waals surface area contributed by atoms with Crippen LogP contribution >= 0.6 is 0 Å². The first-order valence-corrected chi connectivity index (χ1v) is 7.68. The molecule has 1 aliphatic carbocycles. The summed E-state index contributed by atoms with van der Waals surface area (Å²) in [6.45, 7) is 1.86. The summed E-state index contributed by atoms with van der Waals surface area (Å²) < 4.78 is 0. The molecule has 3 heteroatoms. The molecule has 1 amide bonds. The third-order valence-electron chi connectivity index (χ3n) is 4.62. The lowest BCUT2D eigenvalue weighted by Crippen LogP contribution is -2.29. The van der Waals surface area contributed by atoms with Crippen molar-refractivity contribution in [3.05, 3.63) is 0 Å². The smallest absolute Gasteiger partial charge is 0.222 e. The summed E-state index contributed by atoms with van der Waals surface area (Å²) in [7, 11) is 0. The van der Waals surface area contributed by atoms with Crippen molar-refractivity contribution in [1.29, 1.82) is 0 Å². The predicted octanol–water partition coefficient (Wildman–Crippen LogP) is 2.58. The van der Waals surface area contributed by atoms with Crippen LogP contribution in [-0.2, 0) is 4.79 Å². The van der Waals surface area contributed by atoms with Crippen LogP contribution < -0.4 is 0 Å². The number of rotatable bonds is 5. The summed E-state index contributed by atoms with van der Waals surface area (Å²) in [5.41, 5.74) is 0. The number of amides is 1. The van der Waals surface area contributed by atoms with Crippen LogP contribution in [0.2, 0.25) is 0 Å². The Morgan fingerprint density at radius 1 is 1.11 bits per heavy atom. The van der Waals surface area contributed by atoms with Crippen molar-refractivity contribution in [1.82, 2.24) is 4.90 Å². The maximum absolute atomic E-state index is 12.0. The van der Waals surface area contributed by atoms with Gasteiger partial charge in [0.25, 0.3) is 0 Å². The molecule has 2 fully saturated rings. The number of hydrogen-bond acceptors (Lipinski definition) is 2. The Hall–Kier alpha value is -0.570. The van der Waals surface area contributed by atoms with Gasteiger partial charge in [0, 0.05) is 32.0 Å². The fourth-order valence-corrected chi connectivity index (χ4v) is 3.38. The molecule has 2 rings (SSSR count). The fraction of sp³-hybridized carbons (Fsp3) is 0.933. The van der Waals surface area contributed by atoms with Crippen molar-refractivity contribution in [3.8, 4) is 0 Å². The lowest BCUT2D eigenvalue weighted by molar-refractivity contribution is -0.130. The monoisotopic (exact) mass is 253 g/mol. The van der Waals surface area contributed by atoms with Crippen LogP contribution in [-0.4, -0.2) is 35.6 Å². The van der Waals surface area contributed by atoms with Crippen LogP contribution in [0.5, 0.6) is 0 Å². The van der Waals surface area contributed by atoms with Crippen LogP contribution in [0.25, 0.3) is 0 Å². The maximum atomic E-state index is 12.0. The Morgan fingerprint density at radius 3 is 2.56 bits per heavy atom. The van der Waals surface area contributed by atoms with E-state index in [2.05, 4.69) is 0 Å². The van der Waals surface area contributed by atoms with E-state index in [1.165, 1.54) is 38.5 Å². The molecule has 3 nitrogen and oxygen atoms in total. The molecule has 1 heterocycles. The zero-order valence-electron chi connectivity index (χ0n) is 11.4. The van der Waals surface area contributed by atoms with Gasteiger partial charge in [-0.25, -0.2) is 0 Å². The Kier molecular flexibility index (Phi) is 5.48. The standard InChI is InChI=1S/C15H27NO2/c17-12-14-9-10-16(11-14)15(18)8-4-7-13-5-2-1-3-6-13/h13-14,17H,1-12H2. The van der Waals surface area contributed by atoms with Crippen molar-refractivity contribution < 1.29 is 9.90 Å². The number of carbonyl (C=O) groups excluding carboxylic acids is 1. The number of aliphatic hydroxyl groups is 1. The molecule has 0 aromatic heterocycles. The highest BCUT2D eigenvalue weighted by Gasteiger charge is 2.25. The number of aliphatic hydroxyl groups excluding tert-OH is 1. The summed E-state index contributed by atoms with van der Waals surface area (Å²) in [5, 5.41) is 9.07. The third kappa shape index (κ3) is 3.98. The molecule has 0 bridgehead atoms. The topological polar surface area (TPSA) is 40.5 Å². The molecule has 0 aromatic carbocycles. The largest absolute Gasteiger partial charge is 0.396 e. The first-order valence-electron chi connectivity index (χ1n) is 7.68. The number of carbonyl (C=O) groups is 1. The number of likely N-dealkylation sites (tertiary alicyclic amines) is 1. The van der Waals surface area contributed by atoms with Crippen molar-refractivity contribution in [3.63, 3.8) is 0 Å². The molecule has 104 valence electrons. The Labute approximate surface area is 111 Å². The average molecular weight is 253 g/mol. The second-order valence-corrected chi connectivity index (χ2v) is 6.07. The zero-order chi connectivity index (χ0) is 12.8. The van der Waals surface area contributed by atoms with Crippen molar-refractivity contribution in [2.45, 2.75) is 57.8 Å². The Bertz CT molecular complexity index is 261. The Morgan fingerprint density at radius 2 is 1.89 bits per heavy atom. The SMILES string of the molecule is O=C(CCCC1CCCCC1)N1CCC(CO)C1. The van der Waals surface area contributed by atoms with E-state index >= 15 is 0 Å². The van der Waals surface area contributed by atoms with E-state index in [0.717, 1.165) is 31.8 Å². The summed E-state index contributed by atoms with van der Waals surface area (Å²) in [6.07, 6.45) is 10.9. The van der Waals surface area contributed by atoms with Crippen LogP contribution in [0, 0.1) is 11.8 Å². The molecular weight excluding hydrogens is 226 g/mol. The van der Waals surface area contributed by atoms with Gasteiger partial charge < -0.3 is 10.0 Å². The molecule has 2 aliphatic rings. The van der Waals surface area contributed by atoms with E-state index in [1.807, 2.05) is 4.90 Å². The number of hydrogen-bond donors (Lipinski definition) is 1. The van der Waals surface area contributed by atoms with Crippen molar-refractivity contribution in [2.24, 2.45) is 11.8 Å². The molecule has 1 saturated carbocycles. The molecule has 1 aliphatic heterocycles. The van der Waals surface area contributed by atoms with Gasteiger partial charge in [0.15, 0.2) is 0 Å². The van der Waals surface area contributed by atoms with Crippen molar-refractivity contribution in [2.75, 3.05) is 19.7 Å². The predicted molar refractivity (Wildman–Crippen MR) is 72.2 cm³/mol. The van der Waals surface area contributed by atoms with Crippen LogP contribution in [0.3, 0.4) is 0 Å². The van der Waals surface area contributed by atoms with Gasteiger partial charge in [-0.05, 0) is 25.2 Å². The maximum Gasteiger partial charge on any atom is 0.222 e. The van der Waals surface area contributed by atoms with E-state index in [-0.39, 0.29) is 6.61 Å². The number of nitrogens with zero attached hydrogens (tertiary/aromatic N) is 1. The van der Waals surface area contributed by atoms with Crippen LogP contribution in [0.15, 0.2) is 0 Å². The first kappa shape index (κ1) is 13.9. The molecule has 1 atom stereocenters. The second-order valence-electron chi connectivity index (χ2n) is 6.07. The minimum Gasteiger partial charge on any atom is -0.396 e. The van der Waals surface area contributed by atoms with Gasteiger partial charge in [-0.15, -0.1) is 0 Å². The second kappa shape index (κ2) is 7.13. The zero-order valence-corrected chi connectivity index (χ0v) is 11.4. The van der Waals surface area contributed by atoms with Gasteiger partial charge in [0.1, 0.15) is 0 Å². The summed E-state index contributed by atoms with van der Waals surface area (Å²) in [4.78, 5) is 13.9. The minimum absolute atomic E-state index is 0.228. The molecule has 1 unspecified atom stereocenters. The van der Waals surface area contributed by atoms with E-state index in [0.29, 0.717) is 18.2 Å². The van der Waals surface area contributed by atoms with Gasteiger partial charge in [0.05, 0.1) is 0 Å². The first-order chi connectivity index (χ1) is 8.79. The summed E-state index contributed by atoms with van der Waals surface area (Å²) in [5.74, 6) is 1.52. The third-order valence-corrected chi connectivity index (χ3v) is 4.62. The Balaban J connectivity index is 1.60. The van der Waals surface area contributed by atoms with Crippen LogP contribution in [0.4, 0.5) is 0 Å². The van der Waals surface area contributed by atoms with Gasteiger partial charge in [0.2, 0.25) is 5.91 Å². The van der Waals surface area contributed by atoms with E-state index in [1.54, 1.807) is 0 Å².